The van der Waals surface area contributed by atoms with Crippen LogP contribution in [0.2, 0.25) is 0 Å². The maximum atomic E-state index is 10.9. The van der Waals surface area contributed by atoms with Gasteiger partial charge < -0.3 is 10.6 Å². The maximum absolute atomic E-state index is 10.9. The van der Waals surface area contributed by atoms with Crippen LogP contribution < -0.4 is 10.6 Å². The van der Waals surface area contributed by atoms with Gasteiger partial charge in [0.2, 0.25) is 5.82 Å². The molecule has 1 aliphatic rings. The number of nitrogens with zero attached hydrogens (tertiary/aromatic N) is 3. The number of hydrogen-bond acceptors (Lipinski definition) is 5. The molecule has 92 valence electrons. The first kappa shape index (κ1) is 11.8. The van der Waals surface area contributed by atoms with Crippen LogP contribution in [0.3, 0.4) is 0 Å². The van der Waals surface area contributed by atoms with E-state index in [1.807, 2.05) is 11.8 Å². The van der Waals surface area contributed by atoms with E-state index in [9.17, 15) is 10.1 Å². The molecule has 1 aromatic heterocycles. The highest BCUT2D eigenvalue weighted by molar-refractivity contribution is 5.58. The van der Waals surface area contributed by atoms with E-state index in [-0.39, 0.29) is 22.7 Å². The summed E-state index contributed by atoms with van der Waals surface area (Å²) in [6.07, 6.45) is 3.27. The molecule has 1 saturated heterocycles. The molecule has 17 heavy (non-hydrogen) atoms. The van der Waals surface area contributed by atoms with E-state index < -0.39 is 0 Å². The molecule has 0 saturated carbocycles. The Labute approximate surface area is 99.6 Å². The van der Waals surface area contributed by atoms with Crippen LogP contribution in [-0.4, -0.2) is 28.5 Å². The van der Waals surface area contributed by atoms with Crippen LogP contribution in [0.5, 0.6) is 0 Å². The van der Waals surface area contributed by atoms with Crippen LogP contribution in [0.25, 0.3) is 0 Å². The molecule has 1 aliphatic heterocycles. The molecule has 2 unspecified atom stereocenters. The highest BCUT2D eigenvalue weighted by Gasteiger charge is 2.28. The van der Waals surface area contributed by atoms with E-state index in [1.54, 1.807) is 12.3 Å². The fourth-order valence-electron chi connectivity index (χ4n) is 2.28. The predicted octanol–water partition coefficient (Wildman–Crippen LogP) is 1.31. The van der Waals surface area contributed by atoms with Gasteiger partial charge in [0.25, 0.3) is 0 Å². The van der Waals surface area contributed by atoms with Crippen molar-refractivity contribution in [3.63, 3.8) is 0 Å². The molecule has 6 nitrogen and oxygen atoms in total. The molecule has 2 rings (SSSR count). The fraction of sp³-hybridized carbons (Fsp3) is 0.545. The zero-order valence-corrected chi connectivity index (χ0v) is 9.74. The van der Waals surface area contributed by atoms with E-state index in [0.717, 1.165) is 19.4 Å². The maximum Gasteiger partial charge on any atom is 0.311 e. The molecule has 0 bridgehead atoms. The van der Waals surface area contributed by atoms with Crippen molar-refractivity contribution in [1.82, 2.24) is 4.98 Å². The second-order valence-electron chi connectivity index (χ2n) is 4.43. The van der Waals surface area contributed by atoms with E-state index in [1.165, 1.54) is 6.07 Å². The minimum Gasteiger partial charge on any atom is -0.348 e. The van der Waals surface area contributed by atoms with E-state index in [0.29, 0.717) is 5.82 Å². The summed E-state index contributed by atoms with van der Waals surface area (Å²) >= 11 is 0. The first-order chi connectivity index (χ1) is 8.09. The third-order valence-electron chi connectivity index (χ3n) is 3.15. The molecule has 0 amide bonds. The first-order valence-electron chi connectivity index (χ1n) is 5.71. The van der Waals surface area contributed by atoms with Crippen molar-refractivity contribution < 1.29 is 4.92 Å². The van der Waals surface area contributed by atoms with Crippen molar-refractivity contribution in [3.8, 4) is 0 Å². The standard InChI is InChI=1S/C11H16N4O2/c1-8-7-9(12)4-6-14(8)11-10(15(16)17)3-2-5-13-11/h2-3,5,8-9H,4,6-7,12H2,1H3. The zero-order valence-electron chi connectivity index (χ0n) is 9.74. The Morgan fingerprint density at radius 2 is 2.41 bits per heavy atom. The largest absolute Gasteiger partial charge is 0.348 e. The molecule has 0 radical (unpaired) electrons. The number of nitrogens with two attached hydrogens (primary N) is 1. The monoisotopic (exact) mass is 236 g/mol. The van der Waals surface area contributed by atoms with Crippen LogP contribution in [0.4, 0.5) is 11.5 Å². The summed E-state index contributed by atoms with van der Waals surface area (Å²) in [7, 11) is 0. The van der Waals surface area contributed by atoms with Gasteiger partial charge in [0.1, 0.15) is 0 Å². The number of rotatable bonds is 2. The van der Waals surface area contributed by atoms with Gasteiger partial charge in [-0.3, -0.25) is 10.1 Å². The van der Waals surface area contributed by atoms with E-state index in [2.05, 4.69) is 4.98 Å². The van der Waals surface area contributed by atoms with Gasteiger partial charge in [-0.2, -0.15) is 0 Å². The Morgan fingerprint density at radius 3 is 3.06 bits per heavy atom. The van der Waals surface area contributed by atoms with Gasteiger partial charge in [0.05, 0.1) is 4.92 Å². The van der Waals surface area contributed by atoms with E-state index in [4.69, 9.17) is 5.73 Å². The highest BCUT2D eigenvalue weighted by Crippen LogP contribution is 2.29. The van der Waals surface area contributed by atoms with Crippen LogP contribution >= 0.6 is 0 Å². The van der Waals surface area contributed by atoms with Crippen LogP contribution in [0, 0.1) is 10.1 Å². The Bertz CT molecular complexity index is 424. The molecule has 2 heterocycles. The molecule has 1 fully saturated rings. The van der Waals surface area contributed by atoms with Gasteiger partial charge in [-0.25, -0.2) is 4.98 Å². The lowest BCUT2D eigenvalue weighted by Gasteiger charge is -2.36. The Kier molecular flexibility index (Phi) is 3.23. The van der Waals surface area contributed by atoms with Gasteiger partial charge in [-0.1, -0.05) is 0 Å². The predicted molar refractivity (Wildman–Crippen MR) is 64.9 cm³/mol. The SMILES string of the molecule is CC1CC(N)CCN1c1ncccc1[N+](=O)[O-]. The molecule has 0 spiro atoms. The third kappa shape index (κ3) is 2.36. The minimum absolute atomic E-state index is 0.0646. The summed E-state index contributed by atoms with van der Waals surface area (Å²) in [5.74, 6) is 0.455. The number of aromatic nitrogens is 1. The molecule has 2 atom stereocenters. The second-order valence-corrected chi connectivity index (χ2v) is 4.43. The van der Waals surface area contributed by atoms with Crippen LogP contribution in [-0.2, 0) is 0 Å². The number of anilines is 1. The zero-order chi connectivity index (χ0) is 12.4. The van der Waals surface area contributed by atoms with Crippen LogP contribution in [0.15, 0.2) is 18.3 Å². The minimum atomic E-state index is -0.385. The summed E-state index contributed by atoms with van der Waals surface area (Å²) in [5, 5.41) is 10.9. The Balaban J connectivity index is 2.30. The lowest BCUT2D eigenvalue weighted by molar-refractivity contribution is -0.384. The lowest BCUT2D eigenvalue weighted by Crippen LogP contribution is -2.46. The van der Waals surface area contributed by atoms with Gasteiger partial charge >= 0.3 is 5.69 Å². The van der Waals surface area contributed by atoms with Crippen molar-refractivity contribution in [2.75, 3.05) is 11.4 Å². The summed E-state index contributed by atoms with van der Waals surface area (Å²) in [6, 6.07) is 3.45. The fourth-order valence-corrected chi connectivity index (χ4v) is 2.28. The molecule has 0 aliphatic carbocycles. The molecule has 6 heteroatoms. The summed E-state index contributed by atoms with van der Waals surface area (Å²) < 4.78 is 0. The average Bonchev–Trinajstić information content (AvgIpc) is 2.29. The molecule has 1 aromatic rings. The summed E-state index contributed by atoms with van der Waals surface area (Å²) in [5.41, 5.74) is 5.95. The molecular weight excluding hydrogens is 220 g/mol. The van der Waals surface area contributed by atoms with Crippen LogP contribution in [0.1, 0.15) is 19.8 Å². The summed E-state index contributed by atoms with van der Waals surface area (Å²) in [6.45, 7) is 2.75. The third-order valence-corrected chi connectivity index (χ3v) is 3.15. The number of piperidine rings is 1. The highest BCUT2D eigenvalue weighted by atomic mass is 16.6. The topological polar surface area (TPSA) is 85.3 Å². The van der Waals surface area contributed by atoms with Gasteiger partial charge in [-0.15, -0.1) is 0 Å². The van der Waals surface area contributed by atoms with Gasteiger partial charge in [0, 0.05) is 30.9 Å². The second kappa shape index (κ2) is 4.67. The molecular formula is C11H16N4O2. The quantitative estimate of drug-likeness (QED) is 0.618. The first-order valence-corrected chi connectivity index (χ1v) is 5.71. The molecule has 0 aromatic carbocycles. The van der Waals surface area contributed by atoms with Crippen molar-refractivity contribution >= 4 is 11.5 Å². The molecule has 2 N–H and O–H groups in total. The van der Waals surface area contributed by atoms with Crippen molar-refractivity contribution in [1.29, 1.82) is 0 Å². The smallest absolute Gasteiger partial charge is 0.311 e. The average molecular weight is 236 g/mol. The number of pyridine rings is 1. The van der Waals surface area contributed by atoms with Crippen molar-refractivity contribution in [2.45, 2.75) is 31.8 Å². The number of hydrogen-bond donors (Lipinski definition) is 1. The Hall–Kier alpha value is -1.69. The summed E-state index contributed by atoms with van der Waals surface area (Å²) in [4.78, 5) is 16.7. The van der Waals surface area contributed by atoms with Crippen molar-refractivity contribution in [3.05, 3.63) is 28.4 Å². The number of nitro groups is 1. The normalized spacial score (nSPS) is 24.7. The van der Waals surface area contributed by atoms with Gasteiger partial charge in [-0.05, 0) is 25.8 Å². The van der Waals surface area contributed by atoms with Crippen molar-refractivity contribution in [2.24, 2.45) is 5.73 Å². The van der Waals surface area contributed by atoms with Gasteiger partial charge in [0.15, 0.2) is 0 Å². The lowest BCUT2D eigenvalue weighted by atomic mass is 9.99. The van der Waals surface area contributed by atoms with E-state index >= 15 is 0 Å². The Morgan fingerprint density at radius 1 is 1.65 bits per heavy atom.